The second-order valence-corrected chi connectivity index (χ2v) is 8.81. The van der Waals surface area contributed by atoms with E-state index < -0.39 is 15.9 Å². The summed E-state index contributed by atoms with van der Waals surface area (Å²) in [6, 6.07) is 11.9. The quantitative estimate of drug-likeness (QED) is 0.615. The first-order valence-electron chi connectivity index (χ1n) is 9.32. The molecule has 0 aliphatic carbocycles. The first kappa shape index (κ1) is 23.3. The van der Waals surface area contributed by atoms with E-state index in [0.29, 0.717) is 22.9 Å². The van der Waals surface area contributed by atoms with Crippen LogP contribution in [0, 0.1) is 6.92 Å². The number of hydrogen-bond donors (Lipinski definition) is 1. The second kappa shape index (κ2) is 10.2. The van der Waals surface area contributed by atoms with E-state index >= 15 is 0 Å². The molecule has 1 N–H and O–H groups in total. The minimum absolute atomic E-state index is 0.254. The molecule has 30 heavy (non-hydrogen) atoms. The van der Waals surface area contributed by atoms with Gasteiger partial charge in [0, 0.05) is 6.07 Å². The van der Waals surface area contributed by atoms with E-state index in [4.69, 9.17) is 14.2 Å². The summed E-state index contributed by atoms with van der Waals surface area (Å²) in [5.41, 5.74) is 1.42. The van der Waals surface area contributed by atoms with Crippen molar-refractivity contribution in [2.24, 2.45) is 0 Å². The van der Waals surface area contributed by atoms with Crippen molar-refractivity contribution >= 4 is 21.6 Å². The first-order valence-corrected chi connectivity index (χ1v) is 11.2. The highest BCUT2D eigenvalue weighted by molar-refractivity contribution is 7.92. The minimum Gasteiger partial charge on any atom is -0.493 e. The Bertz CT molecular complexity index is 960. The zero-order valence-corrected chi connectivity index (χ0v) is 18.7. The lowest BCUT2D eigenvalue weighted by atomic mass is 10.2. The number of amides is 1. The third-order valence-electron chi connectivity index (χ3n) is 4.27. The summed E-state index contributed by atoms with van der Waals surface area (Å²) < 4.78 is 41.7. The fourth-order valence-electron chi connectivity index (χ4n) is 2.73. The maximum atomic E-state index is 12.5. The van der Waals surface area contributed by atoms with Gasteiger partial charge in [-0.3, -0.25) is 9.10 Å². The van der Waals surface area contributed by atoms with Crippen LogP contribution in [0.15, 0.2) is 42.5 Å². The zero-order chi connectivity index (χ0) is 22.3. The summed E-state index contributed by atoms with van der Waals surface area (Å²) in [7, 11) is -0.769. The van der Waals surface area contributed by atoms with Gasteiger partial charge in [0.05, 0.1) is 32.2 Å². The van der Waals surface area contributed by atoms with Crippen LogP contribution in [0.3, 0.4) is 0 Å². The van der Waals surface area contributed by atoms with Gasteiger partial charge in [0.15, 0.2) is 11.5 Å². The van der Waals surface area contributed by atoms with Crippen molar-refractivity contribution in [1.29, 1.82) is 0 Å². The number of nitrogens with zero attached hydrogens (tertiary/aromatic N) is 1. The van der Waals surface area contributed by atoms with Gasteiger partial charge in [0.2, 0.25) is 15.9 Å². The van der Waals surface area contributed by atoms with Crippen LogP contribution in [0.2, 0.25) is 0 Å². The van der Waals surface area contributed by atoms with Crippen LogP contribution in [0.5, 0.6) is 17.2 Å². The molecule has 0 heterocycles. The standard InChI is InChI=1S/C21H28N2O6S/c1-15-6-9-18(10-7-15)29-14-16(2)22-21(24)13-23(30(5,25)26)17-8-11-19(27-3)20(12-17)28-4/h6-12,16H,13-14H2,1-5H3,(H,22,24). The molecule has 0 aliphatic heterocycles. The fourth-order valence-corrected chi connectivity index (χ4v) is 3.58. The Kier molecular flexibility index (Phi) is 7.93. The van der Waals surface area contributed by atoms with Gasteiger partial charge in [0.1, 0.15) is 18.9 Å². The van der Waals surface area contributed by atoms with Gasteiger partial charge in [-0.1, -0.05) is 17.7 Å². The summed E-state index contributed by atoms with van der Waals surface area (Å²) in [6.07, 6.45) is 1.04. The monoisotopic (exact) mass is 436 g/mol. The molecule has 0 saturated heterocycles. The van der Waals surface area contributed by atoms with Crippen molar-refractivity contribution in [1.82, 2.24) is 5.32 Å². The molecule has 1 unspecified atom stereocenters. The number of sulfonamides is 1. The van der Waals surface area contributed by atoms with Crippen LogP contribution in [-0.2, 0) is 14.8 Å². The summed E-state index contributed by atoms with van der Waals surface area (Å²) in [5.74, 6) is 1.07. The Morgan fingerprint density at radius 2 is 1.70 bits per heavy atom. The number of anilines is 1. The largest absolute Gasteiger partial charge is 0.493 e. The topological polar surface area (TPSA) is 94.2 Å². The van der Waals surface area contributed by atoms with Gasteiger partial charge < -0.3 is 19.5 Å². The lowest BCUT2D eigenvalue weighted by Gasteiger charge is -2.24. The van der Waals surface area contributed by atoms with Crippen molar-refractivity contribution < 1.29 is 27.4 Å². The highest BCUT2D eigenvalue weighted by Crippen LogP contribution is 2.32. The number of ether oxygens (including phenoxy) is 3. The average Bonchev–Trinajstić information content (AvgIpc) is 2.70. The predicted molar refractivity (Wildman–Crippen MR) is 116 cm³/mol. The molecule has 2 aromatic rings. The zero-order valence-electron chi connectivity index (χ0n) is 17.8. The lowest BCUT2D eigenvalue weighted by Crippen LogP contribution is -2.44. The molecule has 0 fully saturated rings. The molecule has 0 saturated carbocycles. The molecular formula is C21H28N2O6S. The number of benzene rings is 2. The summed E-state index contributed by atoms with van der Waals surface area (Å²) in [4.78, 5) is 12.5. The Labute approximate surface area is 177 Å². The van der Waals surface area contributed by atoms with Gasteiger partial charge in [-0.25, -0.2) is 8.42 Å². The van der Waals surface area contributed by atoms with Gasteiger partial charge >= 0.3 is 0 Å². The van der Waals surface area contributed by atoms with Gasteiger partial charge in [0.25, 0.3) is 0 Å². The summed E-state index contributed by atoms with van der Waals surface area (Å²) in [6.45, 7) is 3.65. The van der Waals surface area contributed by atoms with Crippen molar-refractivity contribution in [3.8, 4) is 17.2 Å². The molecule has 0 aromatic heterocycles. The Morgan fingerprint density at radius 3 is 2.27 bits per heavy atom. The van der Waals surface area contributed by atoms with Crippen LogP contribution in [0.4, 0.5) is 5.69 Å². The number of hydrogen-bond acceptors (Lipinski definition) is 6. The van der Waals surface area contributed by atoms with Crippen molar-refractivity contribution in [2.75, 3.05) is 37.9 Å². The van der Waals surface area contributed by atoms with Crippen LogP contribution >= 0.6 is 0 Å². The molecule has 164 valence electrons. The lowest BCUT2D eigenvalue weighted by molar-refractivity contribution is -0.120. The van der Waals surface area contributed by atoms with Crippen LogP contribution < -0.4 is 23.8 Å². The van der Waals surface area contributed by atoms with E-state index in [9.17, 15) is 13.2 Å². The number of rotatable bonds is 10. The van der Waals surface area contributed by atoms with Gasteiger partial charge in [-0.15, -0.1) is 0 Å². The maximum absolute atomic E-state index is 12.5. The number of nitrogens with one attached hydrogen (secondary N) is 1. The van der Waals surface area contributed by atoms with Crippen molar-refractivity contribution in [3.63, 3.8) is 0 Å². The molecular weight excluding hydrogens is 408 g/mol. The molecule has 0 bridgehead atoms. The van der Waals surface area contributed by atoms with Crippen LogP contribution in [-0.4, -0.2) is 54.0 Å². The molecule has 2 rings (SSSR count). The van der Waals surface area contributed by atoms with E-state index in [2.05, 4.69) is 5.32 Å². The summed E-state index contributed by atoms with van der Waals surface area (Å²) in [5, 5.41) is 2.76. The third kappa shape index (κ3) is 6.55. The molecule has 0 spiro atoms. The molecule has 1 amide bonds. The van der Waals surface area contributed by atoms with Crippen molar-refractivity contribution in [2.45, 2.75) is 19.9 Å². The number of carbonyl (C=O) groups is 1. The molecule has 8 nitrogen and oxygen atoms in total. The van der Waals surface area contributed by atoms with E-state index in [1.165, 1.54) is 20.3 Å². The maximum Gasteiger partial charge on any atom is 0.241 e. The van der Waals surface area contributed by atoms with Crippen molar-refractivity contribution in [3.05, 3.63) is 48.0 Å². The molecule has 1 atom stereocenters. The Morgan fingerprint density at radius 1 is 1.07 bits per heavy atom. The minimum atomic E-state index is -3.71. The molecule has 0 radical (unpaired) electrons. The number of methoxy groups -OCH3 is 2. The van der Waals surface area contributed by atoms with Crippen LogP contribution in [0.25, 0.3) is 0 Å². The molecule has 9 heteroatoms. The Hall–Kier alpha value is -2.94. The summed E-state index contributed by atoms with van der Waals surface area (Å²) >= 11 is 0. The van der Waals surface area contributed by atoms with E-state index in [-0.39, 0.29) is 19.2 Å². The number of carbonyl (C=O) groups excluding carboxylic acids is 1. The van der Waals surface area contributed by atoms with E-state index in [1.807, 2.05) is 31.2 Å². The molecule has 0 aliphatic rings. The van der Waals surface area contributed by atoms with Crippen LogP contribution in [0.1, 0.15) is 12.5 Å². The van der Waals surface area contributed by atoms with Gasteiger partial charge in [-0.05, 0) is 38.1 Å². The van der Waals surface area contributed by atoms with Gasteiger partial charge in [-0.2, -0.15) is 0 Å². The molecule has 2 aromatic carbocycles. The first-order chi connectivity index (χ1) is 14.1. The SMILES string of the molecule is COc1ccc(N(CC(=O)NC(C)COc2ccc(C)cc2)S(C)(=O)=O)cc1OC. The second-order valence-electron chi connectivity index (χ2n) is 6.90. The van der Waals surface area contributed by atoms with E-state index in [0.717, 1.165) is 16.1 Å². The van der Waals surface area contributed by atoms with E-state index in [1.54, 1.807) is 19.1 Å². The highest BCUT2D eigenvalue weighted by Gasteiger charge is 2.23. The fraction of sp³-hybridized carbons (Fsp3) is 0.381. The smallest absolute Gasteiger partial charge is 0.241 e. The third-order valence-corrected chi connectivity index (χ3v) is 5.41. The predicted octanol–water partition coefficient (Wildman–Crippen LogP) is 2.36. The number of aryl methyl sites for hydroxylation is 1. The average molecular weight is 437 g/mol. The normalized spacial score (nSPS) is 12.0. The highest BCUT2D eigenvalue weighted by atomic mass is 32.2. The Balaban J connectivity index is 2.04.